The van der Waals surface area contributed by atoms with Crippen LogP contribution in [-0.2, 0) is 16.9 Å². The van der Waals surface area contributed by atoms with E-state index in [0.29, 0.717) is 30.5 Å². The number of hydrogen-bond acceptors (Lipinski definition) is 6. The number of hydrogen-bond donors (Lipinski definition) is 2. The normalized spacial score (nSPS) is 29.8. The van der Waals surface area contributed by atoms with Gasteiger partial charge in [0, 0.05) is 26.2 Å². The summed E-state index contributed by atoms with van der Waals surface area (Å²) in [5, 5.41) is 25.4. The SMILES string of the molecule is CCn1cc(NC(=O)CC23CC4CC(C2)CC(n2cc([N+](=O)[O-])cn2)(C4)C3)c(C(=O)NC)n1. The largest absolute Gasteiger partial charge is 0.354 e. The first-order valence-corrected chi connectivity index (χ1v) is 11.5. The summed E-state index contributed by atoms with van der Waals surface area (Å²) in [6.45, 7) is 2.51. The minimum absolute atomic E-state index is 0.00667. The number of amides is 2. The third-order valence-electron chi connectivity index (χ3n) is 7.75. The van der Waals surface area contributed by atoms with Gasteiger partial charge in [-0.15, -0.1) is 0 Å². The number of anilines is 1. The van der Waals surface area contributed by atoms with Crippen LogP contribution in [0.25, 0.3) is 0 Å². The monoisotopic (exact) mass is 455 g/mol. The van der Waals surface area contributed by atoms with Crippen LogP contribution < -0.4 is 10.6 Å². The van der Waals surface area contributed by atoms with E-state index in [2.05, 4.69) is 20.8 Å². The zero-order valence-electron chi connectivity index (χ0n) is 18.9. The van der Waals surface area contributed by atoms with Gasteiger partial charge >= 0.3 is 5.69 Å². The van der Waals surface area contributed by atoms with Crippen LogP contribution in [0.1, 0.15) is 62.4 Å². The summed E-state index contributed by atoms with van der Waals surface area (Å²) in [4.78, 5) is 36.2. The summed E-state index contributed by atoms with van der Waals surface area (Å²) in [7, 11) is 1.54. The lowest BCUT2D eigenvalue weighted by Gasteiger charge is -2.61. The van der Waals surface area contributed by atoms with Gasteiger partial charge in [-0.2, -0.15) is 10.2 Å². The Kier molecular flexibility index (Phi) is 5.02. The Bertz CT molecular complexity index is 1110. The van der Waals surface area contributed by atoms with Crippen LogP contribution in [0.15, 0.2) is 18.6 Å². The van der Waals surface area contributed by atoms with Crippen LogP contribution in [0.4, 0.5) is 11.4 Å². The van der Waals surface area contributed by atoms with Gasteiger partial charge in [-0.05, 0) is 62.7 Å². The molecule has 6 rings (SSSR count). The third kappa shape index (κ3) is 3.68. The van der Waals surface area contributed by atoms with Crippen LogP contribution in [0.5, 0.6) is 0 Å². The fourth-order valence-corrected chi connectivity index (χ4v) is 7.04. The average molecular weight is 456 g/mol. The molecule has 2 N–H and O–H groups in total. The zero-order valence-corrected chi connectivity index (χ0v) is 18.9. The molecule has 4 bridgehead atoms. The van der Waals surface area contributed by atoms with E-state index in [-0.39, 0.29) is 34.1 Å². The molecule has 33 heavy (non-hydrogen) atoms. The van der Waals surface area contributed by atoms with Crippen molar-refractivity contribution >= 4 is 23.2 Å². The van der Waals surface area contributed by atoms with Gasteiger partial charge in [0.2, 0.25) is 5.91 Å². The Labute approximate surface area is 191 Å². The molecule has 4 aliphatic rings. The van der Waals surface area contributed by atoms with Crippen LogP contribution in [-0.4, -0.2) is 43.3 Å². The molecule has 2 aromatic heterocycles. The molecule has 2 aromatic rings. The van der Waals surface area contributed by atoms with E-state index in [1.54, 1.807) is 17.1 Å². The quantitative estimate of drug-likeness (QED) is 0.486. The first kappa shape index (κ1) is 21.6. The molecule has 4 fully saturated rings. The van der Waals surface area contributed by atoms with Crippen LogP contribution in [0.3, 0.4) is 0 Å². The van der Waals surface area contributed by atoms with Gasteiger partial charge in [0.15, 0.2) is 5.69 Å². The van der Waals surface area contributed by atoms with E-state index in [9.17, 15) is 19.7 Å². The molecule has 0 spiro atoms. The Balaban J connectivity index is 1.38. The predicted octanol–water partition coefficient (Wildman–Crippen LogP) is 2.69. The van der Waals surface area contributed by atoms with Crippen LogP contribution in [0, 0.1) is 27.4 Å². The molecule has 176 valence electrons. The van der Waals surface area contributed by atoms with Crippen molar-refractivity contribution in [2.75, 3.05) is 12.4 Å². The van der Waals surface area contributed by atoms with E-state index in [4.69, 9.17) is 0 Å². The number of carbonyl (C=O) groups excluding carboxylic acids is 2. The van der Waals surface area contributed by atoms with Gasteiger partial charge in [-0.1, -0.05) is 0 Å². The van der Waals surface area contributed by atoms with Crippen molar-refractivity contribution in [3.05, 3.63) is 34.4 Å². The van der Waals surface area contributed by atoms with Gasteiger partial charge < -0.3 is 10.6 Å². The van der Waals surface area contributed by atoms with Crippen molar-refractivity contribution in [2.24, 2.45) is 17.3 Å². The summed E-state index contributed by atoms with van der Waals surface area (Å²) in [5.74, 6) is 0.518. The molecular formula is C22H29N7O4. The standard InChI is InChI=1S/C22H29N7O4/c1-3-27-12-17(19(26-27)20(31)23-2)25-18(30)9-21-5-14-4-15(6-21)8-22(7-14,13-21)28-11-16(10-24-28)29(32)33/h10-12,14-15H,3-9,13H2,1-2H3,(H,23,31)(H,25,30). The summed E-state index contributed by atoms with van der Waals surface area (Å²) >= 11 is 0. The Morgan fingerprint density at radius 1 is 1.24 bits per heavy atom. The second kappa shape index (κ2) is 7.67. The molecule has 4 aliphatic carbocycles. The summed E-state index contributed by atoms with van der Waals surface area (Å²) < 4.78 is 3.44. The van der Waals surface area contributed by atoms with E-state index >= 15 is 0 Å². The molecule has 11 nitrogen and oxygen atoms in total. The molecule has 0 aliphatic heterocycles. The van der Waals surface area contributed by atoms with Gasteiger partial charge in [-0.25, -0.2) is 0 Å². The summed E-state index contributed by atoms with van der Waals surface area (Å²) in [6, 6.07) is 0. The van der Waals surface area contributed by atoms with Crippen molar-refractivity contribution in [3.63, 3.8) is 0 Å². The number of carbonyl (C=O) groups is 2. The molecule has 2 amide bonds. The van der Waals surface area contributed by atoms with Gasteiger partial charge in [0.1, 0.15) is 12.4 Å². The molecule has 0 aromatic carbocycles. The van der Waals surface area contributed by atoms with Gasteiger partial charge in [0.05, 0.1) is 16.1 Å². The van der Waals surface area contributed by atoms with E-state index < -0.39 is 4.92 Å². The molecule has 11 heteroatoms. The maximum Gasteiger partial charge on any atom is 0.307 e. The third-order valence-corrected chi connectivity index (χ3v) is 7.75. The maximum atomic E-state index is 13.2. The first-order valence-electron chi connectivity index (χ1n) is 11.5. The Morgan fingerprint density at radius 3 is 2.58 bits per heavy atom. The summed E-state index contributed by atoms with van der Waals surface area (Å²) in [6.07, 6.45) is 10.7. The Hall–Kier alpha value is -3.24. The molecule has 2 atom stereocenters. The van der Waals surface area contributed by atoms with Crippen molar-refractivity contribution in [1.29, 1.82) is 0 Å². The maximum absolute atomic E-state index is 13.2. The zero-order chi connectivity index (χ0) is 23.4. The van der Waals surface area contributed by atoms with Crippen LogP contribution >= 0.6 is 0 Å². The predicted molar refractivity (Wildman–Crippen MR) is 119 cm³/mol. The highest BCUT2D eigenvalue weighted by molar-refractivity contribution is 6.02. The summed E-state index contributed by atoms with van der Waals surface area (Å²) in [5.41, 5.74) is 0.205. The van der Waals surface area contributed by atoms with Gasteiger partial charge in [0.25, 0.3) is 5.91 Å². The second-order valence-electron chi connectivity index (χ2n) is 10.1. The fraction of sp³-hybridized carbons (Fsp3) is 0.636. The highest BCUT2D eigenvalue weighted by Crippen LogP contribution is 2.65. The molecule has 2 heterocycles. The minimum Gasteiger partial charge on any atom is -0.354 e. The highest BCUT2D eigenvalue weighted by atomic mass is 16.6. The Morgan fingerprint density at radius 2 is 1.97 bits per heavy atom. The number of rotatable bonds is 7. The first-order chi connectivity index (χ1) is 15.7. The number of nitrogens with zero attached hydrogens (tertiary/aromatic N) is 5. The van der Waals surface area contributed by atoms with E-state index in [0.717, 1.165) is 38.5 Å². The van der Waals surface area contributed by atoms with Gasteiger partial charge in [-0.3, -0.25) is 29.1 Å². The van der Waals surface area contributed by atoms with E-state index in [1.165, 1.54) is 13.2 Å². The average Bonchev–Trinajstić information content (AvgIpc) is 3.39. The fourth-order valence-electron chi connectivity index (χ4n) is 7.04. The molecule has 0 radical (unpaired) electrons. The smallest absolute Gasteiger partial charge is 0.307 e. The lowest BCUT2D eigenvalue weighted by Crippen LogP contribution is -2.57. The topological polar surface area (TPSA) is 137 Å². The number of aromatic nitrogens is 4. The second-order valence-corrected chi connectivity index (χ2v) is 10.1. The minimum atomic E-state index is -0.409. The lowest BCUT2D eigenvalue weighted by molar-refractivity contribution is -0.385. The van der Waals surface area contributed by atoms with Crippen molar-refractivity contribution in [3.8, 4) is 0 Å². The molecule has 0 saturated heterocycles. The number of nitro groups is 1. The van der Waals surface area contributed by atoms with E-state index in [1.807, 2.05) is 11.6 Å². The lowest BCUT2D eigenvalue weighted by atomic mass is 9.46. The van der Waals surface area contributed by atoms with Crippen molar-refractivity contribution < 1.29 is 14.5 Å². The number of aryl methyl sites for hydroxylation is 1. The van der Waals surface area contributed by atoms with Crippen molar-refractivity contribution in [1.82, 2.24) is 24.9 Å². The van der Waals surface area contributed by atoms with Crippen molar-refractivity contribution in [2.45, 2.75) is 64.0 Å². The molecular weight excluding hydrogens is 426 g/mol. The van der Waals surface area contributed by atoms with Crippen LogP contribution in [0.2, 0.25) is 0 Å². The number of nitrogens with one attached hydrogen (secondary N) is 2. The molecule has 2 unspecified atom stereocenters. The highest BCUT2D eigenvalue weighted by Gasteiger charge is 2.59. The molecule has 4 saturated carbocycles.